The lowest BCUT2D eigenvalue weighted by molar-refractivity contribution is -0.141. The van der Waals surface area contributed by atoms with Crippen molar-refractivity contribution >= 4 is 11.9 Å². The highest BCUT2D eigenvalue weighted by Gasteiger charge is 2.32. The second-order valence-corrected chi connectivity index (χ2v) is 5.85. The molecule has 6 nitrogen and oxygen atoms in total. The van der Waals surface area contributed by atoms with Crippen molar-refractivity contribution < 1.29 is 19.2 Å². The molecule has 0 spiro atoms. The Morgan fingerprint density at radius 3 is 2.65 bits per heavy atom. The number of nitrogens with zero attached hydrogens (tertiary/aromatic N) is 1. The molecule has 1 heterocycles. The molecule has 23 heavy (non-hydrogen) atoms. The summed E-state index contributed by atoms with van der Waals surface area (Å²) in [4.78, 5) is 23.6. The molecule has 0 radical (unpaired) electrons. The number of carboxylic acids is 1. The number of carbonyl (C=O) groups excluding carboxylic acids is 1. The molecule has 0 unspecified atom stereocenters. The van der Waals surface area contributed by atoms with Crippen molar-refractivity contribution in [2.75, 3.05) is 0 Å². The highest BCUT2D eigenvalue weighted by molar-refractivity contribution is 6.01. The number of hydrogen-bond acceptors (Lipinski definition) is 4. The van der Waals surface area contributed by atoms with Crippen LogP contribution < -0.4 is 5.32 Å². The number of rotatable bonds is 4. The third-order valence-corrected chi connectivity index (χ3v) is 4.25. The topological polar surface area (TPSA) is 92.4 Å². The first kappa shape index (κ1) is 15.3. The van der Waals surface area contributed by atoms with Gasteiger partial charge in [-0.15, -0.1) is 0 Å². The molecule has 2 atom stereocenters. The van der Waals surface area contributed by atoms with E-state index in [0.29, 0.717) is 36.3 Å². The fourth-order valence-corrected chi connectivity index (χ4v) is 3.03. The Bertz CT molecular complexity index is 723. The lowest BCUT2D eigenvalue weighted by Crippen LogP contribution is -2.33. The number of carboxylic acid groups (broad SMARTS) is 1. The van der Waals surface area contributed by atoms with Gasteiger partial charge in [-0.25, -0.2) is 0 Å². The summed E-state index contributed by atoms with van der Waals surface area (Å²) in [5, 5.41) is 16.0. The van der Waals surface area contributed by atoms with Crippen molar-refractivity contribution in [2.45, 2.75) is 32.2 Å². The van der Waals surface area contributed by atoms with Crippen molar-refractivity contribution in [3.05, 3.63) is 41.7 Å². The van der Waals surface area contributed by atoms with Crippen LogP contribution in [0.5, 0.6) is 0 Å². The van der Waals surface area contributed by atoms with Crippen LogP contribution in [0.1, 0.15) is 35.4 Å². The molecule has 3 rings (SSSR count). The normalized spacial score (nSPS) is 20.4. The van der Waals surface area contributed by atoms with Crippen LogP contribution in [0.3, 0.4) is 0 Å². The van der Waals surface area contributed by atoms with Gasteiger partial charge in [0.05, 0.1) is 5.92 Å². The van der Waals surface area contributed by atoms with Crippen molar-refractivity contribution in [1.29, 1.82) is 0 Å². The minimum Gasteiger partial charge on any atom is -0.481 e. The van der Waals surface area contributed by atoms with Crippen molar-refractivity contribution in [3.63, 3.8) is 0 Å². The van der Waals surface area contributed by atoms with Gasteiger partial charge in [0, 0.05) is 11.6 Å². The Morgan fingerprint density at radius 2 is 2.00 bits per heavy atom. The van der Waals surface area contributed by atoms with E-state index in [4.69, 9.17) is 9.63 Å². The van der Waals surface area contributed by atoms with Gasteiger partial charge in [0.25, 0.3) is 5.91 Å². The summed E-state index contributed by atoms with van der Waals surface area (Å²) in [6, 6.07) is 9.24. The molecule has 1 amide bonds. The highest BCUT2D eigenvalue weighted by atomic mass is 16.5. The van der Waals surface area contributed by atoms with Gasteiger partial charge in [-0.2, -0.15) is 0 Å². The zero-order valence-electron chi connectivity index (χ0n) is 12.8. The minimum absolute atomic E-state index is 0.124. The fraction of sp³-hybridized carbons (Fsp3) is 0.353. The Morgan fingerprint density at radius 1 is 1.26 bits per heavy atom. The minimum atomic E-state index is -0.798. The molecule has 1 aromatic carbocycles. The van der Waals surface area contributed by atoms with E-state index >= 15 is 0 Å². The average Bonchev–Trinajstić information content (AvgIpc) is 3.15. The van der Waals surface area contributed by atoms with Gasteiger partial charge in [-0.05, 0) is 26.2 Å². The van der Waals surface area contributed by atoms with Gasteiger partial charge in [0.2, 0.25) is 0 Å². The summed E-state index contributed by atoms with van der Waals surface area (Å²) in [6.45, 7) is 1.70. The number of aliphatic carboxylic acids is 1. The van der Waals surface area contributed by atoms with Crippen LogP contribution in [-0.2, 0) is 4.79 Å². The van der Waals surface area contributed by atoms with E-state index in [2.05, 4.69) is 10.5 Å². The summed E-state index contributed by atoms with van der Waals surface area (Å²) in [7, 11) is 0. The van der Waals surface area contributed by atoms with E-state index in [9.17, 15) is 9.59 Å². The monoisotopic (exact) mass is 314 g/mol. The third kappa shape index (κ3) is 3.11. The molecule has 1 aromatic heterocycles. The van der Waals surface area contributed by atoms with Gasteiger partial charge < -0.3 is 14.9 Å². The molecule has 1 aliphatic rings. The average molecular weight is 314 g/mol. The molecule has 1 fully saturated rings. The number of nitrogens with one attached hydrogen (secondary N) is 1. The SMILES string of the molecule is Cc1onc(-c2ccccc2)c1C(=O)N[C@@H]1CC[C@H](C(=O)O)C1. The predicted molar refractivity (Wildman–Crippen MR) is 82.9 cm³/mol. The second kappa shape index (κ2) is 6.24. The van der Waals surface area contributed by atoms with Crippen LogP contribution in [-0.4, -0.2) is 28.2 Å². The van der Waals surface area contributed by atoms with Gasteiger partial charge >= 0.3 is 5.97 Å². The largest absolute Gasteiger partial charge is 0.481 e. The number of hydrogen-bond donors (Lipinski definition) is 2. The molecular formula is C17H18N2O4. The Labute approximate surface area is 133 Å². The van der Waals surface area contributed by atoms with Gasteiger partial charge in [-0.3, -0.25) is 9.59 Å². The van der Waals surface area contributed by atoms with E-state index < -0.39 is 5.97 Å². The maximum Gasteiger partial charge on any atom is 0.306 e. The van der Waals surface area contributed by atoms with Crippen LogP contribution in [0.15, 0.2) is 34.9 Å². The molecular weight excluding hydrogens is 296 g/mol. The first-order chi connectivity index (χ1) is 11.1. The standard InChI is InChI=1S/C17H18N2O4/c1-10-14(15(19-23-10)11-5-3-2-4-6-11)16(20)18-13-8-7-12(9-13)17(21)22/h2-6,12-13H,7-9H2,1H3,(H,18,20)(H,21,22)/t12-,13+/m0/s1. The van der Waals surface area contributed by atoms with E-state index in [1.807, 2.05) is 30.3 Å². The molecule has 2 aromatic rings. The highest BCUT2D eigenvalue weighted by Crippen LogP contribution is 2.28. The molecule has 0 bridgehead atoms. The first-order valence-electron chi connectivity index (χ1n) is 7.61. The van der Waals surface area contributed by atoms with Crippen molar-refractivity contribution in [2.24, 2.45) is 5.92 Å². The quantitative estimate of drug-likeness (QED) is 0.905. The molecule has 120 valence electrons. The smallest absolute Gasteiger partial charge is 0.306 e. The Hall–Kier alpha value is -2.63. The van der Waals surface area contributed by atoms with Gasteiger partial charge in [0.1, 0.15) is 17.0 Å². The molecule has 6 heteroatoms. The fourth-order valence-electron chi connectivity index (χ4n) is 3.03. The molecule has 0 saturated heterocycles. The Balaban J connectivity index is 1.78. The lowest BCUT2D eigenvalue weighted by Gasteiger charge is -2.12. The number of amides is 1. The third-order valence-electron chi connectivity index (χ3n) is 4.25. The summed E-state index contributed by atoms with van der Waals surface area (Å²) < 4.78 is 5.19. The van der Waals surface area contributed by atoms with Gasteiger partial charge in [0.15, 0.2) is 0 Å². The van der Waals surface area contributed by atoms with Crippen molar-refractivity contribution in [3.8, 4) is 11.3 Å². The van der Waals surface area contributed by atoms with E-state index in [1.165, 1.54) is 0 Å². The second-order valence-electron chi connectivity index (χ2n) is 5.85. The number of benzene rings is 1. The van der Waals surface area contributed by atoms with E-state index in [-0.39, 0.29) is 17.9 Å². The van der Waals surface area contributed by atoms with Gasteiger partial charge in [-0.1, -0.05) is 35.5 Å². The molecule has 1 saturated carbocycles. The summed E-state index contributed by atoms with van der Waals surface area (Å²) in [5.74, 6) is -0.988. The maximum atomic E-state index is 12.6. The van der Waals surface area contributed by atoms with Crippen LogP contribution in [0.4, 0.5) is 0 Å². The first-order valence-corrected chi connectivity index (χ1v) is 7.61. The number of aromatic nitrogens is 1. The van der Waals surface area contributed by atoms with Crippen LogP contribution in [0.25, 0.3) is 11.3 Å². The Kier molecular flexibility index (Phi) is 4.14. The molecule has 1 aliphatic carbocycles. The molecule has 0 aliphatic heterocycles. The predicted octanol–water partition coefficient (Wildman–Crippen LogP) is 2.63. The van der Waals surface area contributed by atoms with Crippen LogP contribution in [0, 0.1) is 12.8 Å². The van der Waals surface area contributed by atoms with Crippen LogP contribution in [0.2, 0.25) is 0 Å². The van der Waals surface area contributed by atoms with Crippen LogP contribution >= 0.6 is 0 Å². The summed E-state index contributed by atoms with van der Waals surface area (Å²) >= 11 is 0. The number of carbonyl (C=O) groups is 2. The van der Waals surface area contributed by atoms with E-state index in [0.717, 1.165) is 5.56 Å². The van der Waals surface area contributed by atoms with Crippen molar-refractivity contribution in [1.82, 2.24) is 10.5 Å². The van der Waals surface area contributed by atoms with E-state index in [1.54, 1.807) is 6.92 Å². The zero-order valence-corrected chi connectivity index (χ0v) is 12.8. The molecule has 2 N–H and O–H groups in total. The zero-order chi connectivity index (χ0) is 16.4. The maximum absolute atomic E-state index is 12.6. The summed E-state index contributed by atoms with van der Waals surface area (Å²) in [6.07, 6.45) is 1.73. The lowest BCUT2D eigenvalue weighted by atomic mass is 10.0. The number of aryl methyl sites for hydroxylation is 1. The summed E-state index contributed by atoms with van der Waals surface area (Å²) in [5.41, 5.74) is 1.73.